The van der Waals surface area contributed by atoms with E-state index >= 15 is 0 Å². The molecule has 0 atom stereocenters. The first-order chi connectivity index (χ1) is 11.5. The van der Waals surface area contributed by atoms with Crippen molar-refractivity contribution in [3.05, 3.63) is 40.9 Å². The normalized spacial score (nSPS) is 10.2. The summed E-state index contributed by atoms with van der Waals surface area (Å²) in [5.41, 5.74) is 3.04. The van der Waals surface area contributed by atoms with Crippen LogP contribution >= 0.6 is 22.7 Å². The molecule has 0 saturated carbocycles. The number of rotatable bonds is 4. The molecule has 2 N–H and O–H groups in total. The number of carbonyl (C=O) groups is 1. The Morgan fingerprint density at radius 3 is 2.88 bits per heavy atom. The fourth-order valence-electron chi connectivity index (χ4n) is 2.06. The molecule has 0 aliphatic rings. The van der Waals surface area contributed by atoms with Gasteiger partial charge in [0.05, 0.1) is 27.9 Å². The number of amides is 1. The number of carbonyl (C=O) groups excluding carboxylic acids is 1. The summed E-state index contributed by atoms with van der Waals surface area (Å²) in [5.74, 6) is -0.145. The molecule has 6 nitrogen and oxygen atoms in total. The van der Waals surface area contributed by atoms with Gasteiger partial charge in [-0.05, 0) is 25.1 Å². The number of benzene rings is 1. The highest BCUT2D eigenvalue weighted by Gasteiger charge is 2.14. The first-order valence-electron chi connectivity index (χ1n) is 7.03. The molecular formula is C16H13N5OS2. The lowest BCUT2D eigenvalue weighted by atomic mass is 10.2. The minimum atomic E-state index is -0.145. The lowest BCUT2D eigenvalue weighted by molar-refractivity contribution is -0.114. The number of nitrogens with one attached hydrogen (secondary N) is 2. The molecule has 0 aliphatic heterocycles. The highest BCUT2D eigenvalue weighted by Crippen LogP contribution is 2.35. The Bertz CT molecular complexity index is 938. The Kier molecular flexibility index (Phi) is 4.55. The van der Waals surface area contributed by atoms with Crippen molar-refractivity contribution < 1.29 is 4.79 Å². The van der Waals surface area contributed by atoms with Crippen LogP contribution in [0.5, 0.6) is 0 Å². The van der Waals surface area contributed by atoms with Crippen LogP contribution in [0.4, 0.5) is 16.0 Å². The van der Waals surface area contributed by atoms with Crippen LogP contribution in [0, 0.1) is 18.3 Å². The molecule has 3 aromatic rings. The van der Waals surface area contributed by atoms with Crippen molar-refractivity contribution in [3.8, 4) is 16.6 Å². The van der Waals surface area contributed by atoms with Crippen molar-refractivity contribution in [2.75, 3.05) is 10.6 Å². The number of aryl methyl sites for hydroxylation is 1. The van der Waals surface area contributed by atoms with Crippen molar-refractivity contribution in [1.82, 2.24) is 9.97 Å². The number of nitrogens with zero attached hydrogens (tertiary/aromatic N) is 3. The molecular weight excluding hydrogens is 342 g/mol. The van der Waals surface area contributed by atoms with E-state index in [1.807, 2.05) is 24.4 Å². The molecule has 2 heterocycles. The van der Waals surface area contributed by atoms with E-state index < -0.39 is 0 Å². The summed E-state index contributed by atoms with van der Waals surface area (Å²) < 4.78 is 0. The minimum Gasteiger partial charge on any atom is -0.331 e. The Morgan fingerprint density at radius 1 is 1.29 bits per heavy atom. The van der Waals surface area contributed by atoms with Crippen LogP contribution < -0.4 is 10.6 Å². The van der Waals surface area contributed by atoms with Gasteiger partial charge >= 0.3 is 0 Å². The molecule has 0 spiro atoms. The number of hydrogen-bond donors (Lipinski definition) is 2. The largest absolute Gasteiger partial charge is 0.331 e. The molecule has 0 fully saturated rings. The average Bonchev–Trinajstić information content (AvgIpc) is 3.13. The smallest absolute Gasteiger partial charge is 0.223 e. The summed E-state index contributed by atoms with van der Waals surface area (Å²) in [4.78, 5) is 21.0. The van der Waals surface area contributed by atoms with E-state index in [1.165, 1.54) is 29.6 Å². The maximum atomic E-state index is 11.1. The van der Waals surface area contributed by atoms with Crippen LogP contribution in [0.25, 0.3) is 10.6 Å². The summed E-state index contributed by atoms with van der Waals surface area (Å²) in [5, 5.41) is 18.1. The number of thiazole rings is 2. The second kappa shape index (κ2) is 6.78. The van der Waals surface area contributed by atoms with Gasteiger partial charge in [-0.2, -0.15) is 5.26 Å². The van der Waals surface area contributed by atoms with E-state index in [0.717, 1.165) is 27.1 Å². The molecule has 2 aromatic heterocycles. The van der Waals surface area contributed by atoms with Crippen molar-refractivity contribution in [1.29, 1.82) is 5.26 Å². The Labute approximate surface area is 146 Å². The second-order valence-electron chi connectivity index (χ2n) is 4.97. The van der Waals surface area contributed by atoms with E-state index in [-0.39, 0.29) is 5.91 Å². The Morgan fingerprint density at radius 2 is 2.12 bits per heavy atom. The maximum absolute atomic E-state index is 11.1. The van der Waals surface area contributed by atoms with Crippen LogP contribution in [0.1, 0.15) is 18.2 Å². The third-order valence-electron chi connectivity index (χ3n) is 3.06. The van der Waals surface area contributed by atoms with Crippen LogP contribution in [-0.2, 0) is 4.79 Å². The molecule has 1 aromatic carbocycles. The summed E-state index contributed by atoms with van der Waals surface area (Å²) in [6.45, 7) is 3.34. The monoisotopic (exact) mass is 355 g/mol. The van der Waals surface area contributed by atoms with E-state index in [4.69, 9.17) is 5.26 Å². The molecule has 0 unspecified atom stereocenters. The first kappa shape index (κ1) is 16.1. The average molecular weight is 355 g/mol. The van der Waals surface area contributed by atoms with Gasteiger partial charge in [0.25, 0.3) is 0 Å². The standard InChI is InChI=1S/C16H13N5OS2/c1-9-14(24-16(18-9)19-10(2)22)13-8-23-15(21-13)20-12-5-3-4-11(6-12)7-17/h3-6,8H,1-2H3,(H,20,21)(H,18,19,22). The van der Waals surface area contributed by atoms with Crippen molar-refractivity contribution in [2.45, 2.75) is 13.8 Å². The van der Waals surface area contributed by atoms with Gasteiger partial charge in [0.15, 0.2) is 10.3 Å². The lowest BCUT2D eigenvalue weighted by Gasteiger charge is -2.02. The highest BCUT2D eigenvalue weighted by atomic mass is 32.1. The van der Waals surface area contributed by atoms with Gasteiger partial charge in [0, 0.05) is 18.0 Å². The zero-order valence-electron chi connectivity index (χ0n) is 13.0. The van der Waals surface area contributed by atoms with Crippen molar-refractivity contribution in [3.63, 3.8) is 0 Å². The highest BCUT2D eigenvalue weighted by molar-refractivity contribution is 7.20. The van der Waals surface area contributed by atoms with Gasteiger partial charge in [-0.15, -0.1) is 11.3 Å². The first-order valence-corrected chi connectivity index (χ1v) is 8.73. The summed E-state index contributed by atoms with van der Waals surface area (Å²) >= 11 is 2.87. The molecule has 0 saturated heterocycles. The van der Waals surface area contributed by atoms with Crippen molar-refractivity contribution in [2.24, 2.45) is 0 Å². The predicted molar refractivity (Wildman–Crippen MR) is 96.7 cm³/mol. The van der Waals surface area contributed by atoms with E-state index in [9.17, 15) is 4.79 Å². The van der Waals surface area contributed by atoms with Crippen LogP contribution in [0.3, 0.4) is 0 Å². The van der Waals surface area contributed by atoms with Crippen molar-refractivity contribution >= 4 is 44.5 Å². The number of aromatic nitrogens is 2. The van der Waals surface area contributed by atoms with Gasteiger partial charge in [-0.25, -0.2) is 9.97 Å². The maximum Gasteiger partial charge on any atom is 0.223 e. The van der Waals surface area contributed by atoms with Crippen LogP contribution in [0.2, 0.25) is 0 Å². The fraction of sp³-hybridized carbons (Fsp3) is 0.125. The summed E-state index contributed by atoms with van der Waals surface area (Å²) in [6, 6.07) is 9.34. The zero-order valence-corrected chi connectivity index (χ0v) is 14.6. The molecule has 8 heteroatoms. The second-order valence-corrected chi connectivity index (χ2v) is 6.83. The van der Waals surface area contributed by atoms with Crippen LogP contribution in [-0.4, -0.2) is 15.9 Å². The molecule has 1 amide bonds. The topological polar surface area (TPSA) is 90.7 Å². The lowest BCUT2D eigenvalue weighted by Crippen LogP contribution is -2.04. The summed E-state index contributed by atoms with van der Waals surface area (Å²) in [6.07, 6.45) is 0. The fourth-order valence-corrected chi connectivity index (χ4v) is 3.83. The van der Waals surface area contributed by atoms with Gasteiger partial charge < -0.3 is 10.6 Å². The van der Waals surface area contributed by atoms with Gasteiger partial charge in [0.2, 0.25) is 5.91 Å². The molecule has 0 radical (unpaired) electrons. The third kappa shape index (κ3) is 3.59. The molecule has 0 bridgehead atoms. The third-order valence-corrected chi connectivity index (χ3v) is 4.91. The molecule has 120 valence electrons. The Hall–Kier alpha value is -2.76. The van der Waals surface area contributed by atoms with E-state index in [2.05, 4.69) is 26.7 Å². The predicted octanol–water partition coefficient (Wildman–Crippen LogP) is 4.15. The van der Waals surface area contributed by atoms with Crippen LogP contribution in [0.15, 0.2) is 29.6 Å². The molecule has 3 rings (SSSR count). The quantitative estimate of drug-likeness (QED) is 0.734. The number of nitriles is 1. The van der Waals surface area contributed by atoms with Gasteiger partial charge in [-0.3, -0.25) is 4.79 Å². The summed E-state index contributed by atoms with van der Waals surface area (Å²) in [7, 11) is 0. The molecule has 24 heavy (non-hydrogen) atoms. The molecule has 0 aliphatic carbocycles. The number of hydrogen-bond acceptors (Lipinski definition) is 7. The van der Waals surface area contributed by atoms with E-state index in [0.29, 0.717) is 10.7 Å². The number of anilines is 3. The van der Waals surface area contributed by atoms with Gasteiger partial charge in [-0.1, -0.05) is 17.4 Å². The SMILES string of the molecule is CC(=O)Nc1nc(C)c(-c2csc(Nc3cccc(C#N)c3)n2)s1. The Balaban J connectivity index is 1.82. The minimum absolute atomic E-state index is 0.145. The van der Waals surface area contributed by atoms with E-state index in [1.54, 1.807) is 12.1 Å². The van der Waals surface area contributed by atoms with Gasteiger partial charge in [0.1, 0.15) is 0 Å². The zero-order chi connectivity index (χ0) is 17.1.